The molecule has 0 fully saturated rings. The van der Waals surface area contributed by atoms with Gasteiger partial charge in [0.25, 0.3) is 5.56 Å². The van der Waals surface area contributed by atoms with Crippen molar-refractivity contribution in [1.29, 1.82) is 0 Å². The van der Waals surface area contributed by atoms with Crippen LogP contribution in [0.5, 0.6) is 0 Å². The van der Waals surface area contributed by atoms with Gasteiger partial charge in [0.05, 0.1) is 28.5 Å². The summed E-state index contributed by atoms with van der Waals surface area (Å²) in [5.74, 6) is -0.923. The molecule has 1 aliphatic rings. The fourth-order valence-corrected chi connectivity index (χ4v) is 5.02. The van der Waals surface area contributed by atoms with Gasteiger partial charge in [0, 0.05) is 4.88 Å². The Bertz CT molecular complexity index is 1270. The number of allylic oxidation sites excluding steroid dienone is 1. The monoisotopic (exact) mass is 428 g/mol. The number of hydrogen-bond donors (Lipinski definition) is 0. The van der Waals surface area contributed by atoms with Crippen LogP contribution in [0.1, 0.15) is 30.3 Å². The van der Waals surface area contributed by atoms with Crippen LogP contribution >= 0.6 is 22.7 Å². The second kappa shape index (κ2) is 7.88. The summed E-state index contributed by atoms with van der Waals surface area (Å²) in [4.78, 5) is 31.9. The summed E-state index contributed by atoms with van der Waals surface area (Å²) in [7, 11) is 0. The molecular weight excluding hydrogens is 411 g/mol. The Morgan fingerprint density at radius 2 is 2.07 bits per heavy atom. The lowest BCUT2D eigenvalue weighted by atomic mass is 9.96. The summed E-state index contributed by atoms with van der Waals surface area (Å²) in [5, 5.41) is 1.94. The van der Waals surface area contributed by atoms with Crippen molar-refractivity contribution in [2.45, 2.75) is 19.9 Å². The smallest absolute Gasteiger partial charge is 0.338 e. The van der Waals surface area contributed by atoms with Crippen LogP contribution in [0.2, 0.25) is 0 Å². The number of aromatic nitrogens is 1. The van der Waals surface area contributed by atoms with E-state index in [1.54, 1.807) is 26.0 Å². The average Bonchev–Trinajstić information content (AvgIpc) is 3.30. The third kappa shape index (κ3) is 3.61. The Kier molecular flexibility index (Phi) is 5.29. The fourth-order valence-electron chi connectivity index (χ4n) is 3.25. The number of nitrogens with zero attached hydrogens (tertiary/aromatic N) is 2. The number of hydrogen-bond acceptors (Lipinski definition) is 6. The van der Waals surface area contributed by atoms with Crippen LogP contribution in [0.3, 0.4) is 0 Å². The predicted octanol–water partition coefficient (Wildman–Crippen LogP) is 3.00. The molecule has 2 aromatic heterocycles. The zero-order valence-corrected chi connectivity index (χ0v) is 17.3. The van der Waals surface area contributed by atoms with Crippen molar-refractivity contribution >= 4 is 34.7 Å². The molecule has 4 rings (SSSR count). The number of ether oxygens (including phenoxy) is 1. The molecule has 0 aliphatic carbocycles. The molecule has 1 atom stereocenters. The van der Waals surface area contributed by atoms with Gasteiger partial charge in [0.1, 0.15) is 5.82 Å². The largest absolute Gasteiger partial charge is 0.463 e. The lowest BCUT2D eigenvalue weighted by Crippen LogP contribution is -2.39. The van der Waals surface area contributed by atoms with E-state index < -0.39 is 17.8 Å². The van der Waals surface area contributed by atoms with Crippen LogP contribution in [0, 0.1) is 5.82 Å². The summed E-state index contributed by atoms with van der Waals surface area (Å²) in [5.41, 5.74) is 1.15. The highest BCUT2D eigenvalue weighted by atomic mass is 32.1. The molecule has 0 amide bonds. The Hall–Kier alpha value is -2.84. The van der Waals surface area contributed by atoms with E-state index in [2.05, 4.69) is 4.99 Å². The minimum atomic E-state index is -0.726. The molecule has 0 saturated heterocycles. The Morgan fingerprint density at radius 1 is 1.31 bits per heavy atom. The second-order valence-corrected chi connectivity index (χ2v) is 8.36. The van der Waals surface area contributed by atoms with Crippen molar-refractivity contribution in [3.05, 3.63) is 89.0 Å². The van der Waals surface area contributed by atoms with E-state index in [4.69, 9.17) is 4.74 Å². The van der Waals surface area contributed by atoms with Gasteiger partial charge in [-0.1, -0.05) is 29.5 Å². The SMILES string of the molecule is CCOC(=O)C1=C(C)N=c2s/c(=C\c3cccs3)c(=O)n2[C@@H]1c1ccc(F)cc1. The van der Waals surface area contributed by atoms with Gasteiger partial charge in [0.15, 0.2) is 4.80 Å². The minimum Gasteiger partial charge on any atom is -0.463 e. The van der Waals surface area contributed by atoms with Crippen molar-refractivity contribution in [2.24, 2.45) is 4.99 Å². The van der Waals surface area contributed by atoms with E-state index in [0.717, 1.165) is 4.88 Å². The number of rotatable bonds is 4. The van der Waals surface area contributed by atoms with Gasteiger partial charge >= 0.3 is 5.97 Å². The Morgan fingerprint density at radius 3 is 2.72 bits per heavy atom. The third-order valence-electron chi connectivity index (χ3n) is 4.52. The molecule has 1 aliphatic heterocycles. The molecule has 148 valence electrons. The number of fused-ring (bicyclic) bond motifs is 1. The number of halogens is 1. The molecule has 8 heteroatoms. The van der Waals surface area contributed by atoms with Gasteiger partial charge in [-0.3, -0.25) is 9.36 Å². The maximum atomic E-state index is 13.5. The fraction of sp³-hybridized carbons (Fsp3) is 0.190. The van der Waals surface area contributed by atoms with Gasteiger partial charge in [-0.05, 0) is 49.1 Å². The van der Waals surface area contributed by atoms with E-state index in [1.165, 1.54) is 39.4 Å². The second-order valence-electron chi connectivity index (χ2n) is 6.37. The normalized spacial score (nSPS) is 16.5. The van der Waals surface area contributed by atoms with Crippen LogP contribution in [0.15, 0.2) is 62.8 Å². The molecule has 3 heterocycles. The van der Waals surface area contributed by atoms with Crippen molar-refractivity contribution in [3.63, 3.8) is 0 Å². The topological polar surface area (TPSA) is 60.7 Å². The molecular formula is C21H17FN2O3S2. The maximum Gasteiger partial charge on any atom is 0.338 e. The molecule has 0 saturated carbocycles. The number of thiazole rings is 1. The van der Waals surface area contributed by atoms with Crippen molar-refractivity contribution < 1.29 is 13.9 Å². The molecule has 0 unspecified atom stereocenters. The van der Waals surface area contributed by atoms with Crippen molar-refractivity contribution in [2.75, 3.05) is 6.61 Å². The predicted molar refractivity (Wildman–Crippen MR) is 111 cm³/mol. The quantitative estimate of drug-likeness (QED) is 0.601. The summed E-state index contributed by atoms with van der Waals surface area (Å²) in [6.45, 7) is 3.64. The molecule has 1 aromatic carbocycles. The number of carbonyl (C=O) groups excluding carboxylic acids is 1. The number of thiophene rings is 1. The lowest BCUT2D eigenvalue weighted by molar-refractivity contribution is -0.139. The van der Waals surface area contributed by atoms with Crippen LogP contribution in [0.4, 0.5) is 4.39 Å². The van der Waals surface area contributed by atoms with Gasteiger partial charge < -0.3 is 4.74 Å². The maximum absolute atomic E-state index is 13.5. The first-order valence-corrected chi connectivity index (χ1v) is 10.7. The van der Waals surface area contributed by atoms with E-state index in [-0.39, 0.29) is 17.7 Å². The number of carbonyl (C=O) groups is 1. The van der Waals surface area contributed by atoms with Gasteiger partial charge in [-0.15, -0.1) is 11.3 Å². The van der Waals surface area contributed by atoms with Gasteiger partial charge in [0.2, 0.25) is 0 Å². The highest BCUT2D eigenvalue weighted by molar-refractivity contribution is 7.11. The molecule has 0 spiro atoms. The van der Waals surface area contributed by atoms with Crippen molar-refractivity contribution in [3.8, 4) is 0 Å². The van der Waals surface area contributed by atoms with Gasteiger partial charge in [-0.2, -0.15) is 0 Å². The first kappa shape index (κ1) is 19.5. The molecule has 0 radical (unpaired) electrons. The first-order valence-electron chi connectivity index (χ1n) is 8.98. The van der Waals surface area contributed by atoms with Crippen LogP contribution < -0.4 is 14.9 Å². The summed E-state index contributed by atoms with van der Waals surface area (Å²) in [6.07, 6.45) is 1.82. The highest BCUT2D eigenvalue weighted by Gasteiger charge is 2.33. The Balaban J connectivity index is 1.97. The third-order valence-corrected chi connectivity index (χ3v) is 6.32. The summed E-state index contributed by atoms with van der Waals surface area (Å²) < 4.78 is 20.8. The van der Waals surface area contributed by atoms with Crippen LogP contribution in [-0.2, 0) is 9.53 Å². The summed E-state index contributed by atoms with van der Waals surface area (Å²) >= 11 is 2.80. The van der Waals surface area contributed by atoms with Crippen LogP contribution in [-0.4, -0.2) is 17.1 Å². The number of esters is 1. The van der Waals surface area contributed by atoms with Gasteiger partial charge in [-0.25, -0.2) is 14.2 Å². The zero-order chi connectivity index (χ0) is 20.5. The molecule has 0 N–H and O–H groups in total. The number of benzene rings is 1. The first-order chi connectivity index (χ1) is 14.0. The average molecular weight is 429 g/mol. The Labute approximate surface area is 173 Å². The summed E-state index contributed by atoms with van der Waals surface area (Å²) in [6, 6.07) is 8.90. The van der Waals surface area contributed by atoms with E-state index >= 15 is 0 Å². The zero-order valence-electron chi connectivity index (χ0n) is 15.7. The minimum absolute atomic E-state index is 0.203. The molecule has 3 aromatic rings. The van der Waals surface area contributed by atoms with E-state index in [0.29, 0.717) is 20.6 Å². The molecule has 29 heavy (non-hydrogen) atoms. The van der Waals surface area contributed by atoms with E-state index in [9.17, 15) is 14.0 Å². The van der Waals surface area contributed by atoms with Crippen molar-refractivity contribution in [1.82, 2.24) is 4.57 Å². The molecule has 0 bridgehead atoms. The standard InChI is InChI=1S/C21H17FN2O3S2/c1-3-27-20(26)17-12(2)23-21-24(18(17)13-6-8-14(22)9-7-13)19(25)16(29-21)11-15-5-4-10-28-15/h4-11,18H,3H2,1-2H3/b16-11-/t18-/m1/s1. The van der Waals surface area contributed by atoms with E-state index in [1.807, 2.05) is 23.6 Å². The van der Waals surface area contributed by atoms with Crippen LogP contribution in [0.25, 0.3) is 6.08 Å². The highest BCUT2D eigenvalue weighted by Crippen LogP contribution is 2.30. The molecule has 5 nitrogen and oxygen atoms in total. The lowest BCUT2D eigenvalue weighted by Gasteiger charge is -2.24.